The number of nitrogens with one attached hydrogen (secondary N) is 1. The van der Waals surface area contributed by atoms with Crippen molar-refractivity contribution in [1.29, 1.82) is 0 Å². The van der Waals surface area contributed by atoms with Gasteiger partial charge in [0.25, 0.3) is 11.3 Å². The summed E-state index contributed by atoms with van der Waals surface area (Å²) < 4.78 is 31.6. The number of hydrogen-bond acceptors (Lipinski definition) is 5. The van der Waals surface area contributed by atoms with Crippen LogP contribution in [-0.4, -0.2) is 23.9 Å². The number of rotatable bonds is 9. The van der Waals surface area contributed by atoms with Crippen molar-refractivity contribution in [3.05, 3.63) is 102 Å². The molecule has 0 heterocycles. The second-order valence-electron chi connectivity index (χ2n) is 7.17. The Balaban J connectivity index is 1.51. The molecule has 0 aliphatic carbocycles. The highest BCUT2D eigenvalue weighted by Crippen LogP contribution is 2.32. The lowest BCUT2D eigenvalue weighted by atomic mass is 10.1. The van der Waals surface area contributed by atoms with Crippen LogP contribution in [0, 0.1) is 0 Å². The number of fused-ring (bicyclic) bond motifs is 1. The Morgan fingerprint density at radius 3 is 2.48 bits per heavy atom. The van der Waals surface area contributed by atoms with Gasteiger partial charge in [0, 0.05) is 11.5 Å². The highest BCUT2D eigenvalue weighted by Gasteiger charge is 2.16. The fourth-order valence-corrected chi connectivity index (χ4v) is 4.01. The van der Waals surface area contributed by atoms with Crippen LogP contribution >= 0.6 is 0 Å². The maximum Gasteiger partial charge on any atom is 0.339 e. The lowest BCUT2D eigenvalue weighted by Gasteiger charge is -2.14. The molecular weight excluding hydrogens is 438 g/mol. The van der Waals surface area contributed by atoms with Crippen molar-refractivity contribution in [2.45, 2.75) is 6.42 Å². The molecule has 4 rings (SSSR count). The molecule has 1 N–H and O–H groups in total. The molecule has 0 fully saturated rings. The minimum Gasteiger partial charge on any atom is -0.465 e. The van der Waals surface area contributed by atoms with Crippen molar-refractivity contribution < 1.29 is 22.7 Å². The summed E-state index contributed by atoms with van der Waals surface area (Å²) in [5.74, 6) is 0.586. The highest BCUT2D eigenvalue weighted by molar-refractivity contribution is 7.81. The highest BCUT2D eigenvalue weighted by atomic mass is 32.2. The number of methoxy groups -OCH3 is 1. The molecule has 0 aliphatic heterocycles. The molecule has 168 valence electrons. The Hall–Kier alpha value is -3.68. The Labute approximate surface area is 194 Å². The van der Waals surface area contributed by atoms with Gasteiger partial charge in [-0.15, -0.1) is 0 Å². The number of ether oxygens (including phenoxy) is 2. The average Bonchev–Trinajstić information content (AvgIpc) is 2.85. The van der Waals surface area contributed by atoms with E-state index in [9.17, 15) is 9.00 Å². The summed E-state index contributed by atoms with van der Waals surface area (Å²) >= 11 is -1.86. The van der Waals surface area contributed by atoms with E-state index in [1.165, 1.54) is 7.11 Å². The largest absolute Gasteiger partial charge is 0.465 e. The van der Waals surface area contributed by atoms with Crippen LogP contribution in [0.2, 0.25) is 0 Å². The molecule has 0 amide bonds. The van der Waals surface area contributed by atoms with Gasteiger partial charge in [0.2, 0.25) is 0 Å². The van der Waals surface area contributed by atoms with E-state index in [0.29, 0.717) is 17.9 Å². The van der Waals surface area contributed by atoms with Gasteiger partial charge in [-0.1, -0.05) is 66.7 Å². The first-order valence-corrected chi connectivity index (χ1v) is 11.4. The predicted octanol–water partition coefficient (Wildman–Crippen LogP) is 5.67. The zero-order valence-electron chi connectivity index (χ0n) is 18.0. The number of benzene rings is 4. The number of hydrogen-bond donors (Lipinski definition) is 1. The van der Waals surface area contributed by atoms with Crippen molar-refractivity contribution in [3.63, 3.8) is 0 Å². The van der Waals surface area contributed by atoms with E-state index in [2.05, 4.69) is 4.72 Å². The summed E-state index contributed by atoms with van der Waals surface area (Å²) in [7, 11) is 1.29. The summed E-state index contributed by atoms with van der Waals surface area (Å²) in [6, 6.07) is 28.3. The van der Waals surface area contributed by atoms with Crippen LogP contribution in [0.15, 0.2) is 91.0 Å². The quantitative estimate of drug-likeness (QED) is 0.325. The summed E-state index contributed by atoms with van der Waals surface area (Å²) in [5.41, 5.74) is 1.59. The van der Waals surface area contributed by atoms with Crippen molar-refractivity contribution in [3.8, 4) is 11.5 Å². The first-order valence-electron chi connectivity index (χ1n) is 10.4. The predicted molar refractivity (Wildman–Crippen MR) is 130 cm³/mol. The SMILES string of the molecule is COC(=O)c1ccc(Oc2cccc3ccccc23)cc1NS(=O)OCCc1ccccc1. The van der Waals surface area contributed by atoms with Gasteiger partial charge in [-0.25, -0.2) is 9.00 Å². The summed E-state index contributed by atoms with van der Waals surface area (Å²) in [5, 5.41) is 2.01. The van der Waals surface area contributed by atoms with E-state index in [0.717, 1.165) is 16.3 Å². The molecule has 0 radical (unpaired) electrons. The van der Waals surface area contributed by atoms with Gasteiger partial charge in [-0.3, -0.25) is 8.91 Å². The number of esters is 1. The Bertz CT molecular complexity index is 1270. The topological polar surface area (TPSA) is 73.9 Å². The Morgan fingerprint density at radius 2 is 1.67 bits per heavy atom. The van der Waals surface area contributed by atoms with Gasteiger partial charge in [-0.2, -0.15) is 0 Å². The molecule has 1 unspecified atom stereocenters. The number of carbonyl (C=O) groups is 1. The number of carbonyl (C=O) groups excluding carboxylic acids is 1. The normalized spacial score (nSPS) is 11.7. The molecule has 6 nitrogen and oxygen atoms in total. The third-order valence-electron chi connectivity index (χ3n) is 4.99. The Kier molecular flexibility index (Phi) is 7.34. The molecule has 4 aromatic rings. The summed E-state index contributed by atoms with van der Waals surface area (Å²) in [6.07, 6.45) is 0.613. The molecule has 0 bridgehead atoms. The van der Waals surface area contributed by atoms with E-state index in [1.54, 1.807) is 18.2 Å². The molecule has 0 aromatic heterocycles. The lowest BCUT2D eigenvalue weighted by molar-refractivity contribution is 0.0602. The van der Waals surface area contributed by atoms with Gasteiger partial charge in [0.05, 0.1) is 25.0 Å². The van der Waals surface area contributed by atoms with Gasteiger partial charge >= 0.3 is 5.97 Å². The monoisotopic (exact) mass is 461 g/mol. The van der Waals surface area contributed by atoms with Crippen molar-refractivity contribution in [2.75, 3.05) is 18.4 Å². The van der Waals surface area contributed by atoms with Crippen LogP contribution < -0.4 is 9.46 Å². The number of anilines is 1. The van der Waals surface area contributed by atoms with Crippen molar-refractivity contribution >= 4 is 33.7 Å². The molecule has 0 saturated heterocycles. The van der Waals surface area contributed by atoms with Crippen LogP contribution in [-0.2, 0) is 26.6 Å². The maximum absolute atomic E-state index is 12.5. The van der Waals surface area contributed by atoms with E-state index in [4.69, 9.17) is 13.7 Å². The van der Waals surface area contributed by atoms with Gasteiger partial charge in [0.1, 0.15) is 11.5 Å². The maximum atomic E-state index is 12.5. The van der Waals surface area contributed by atoms with Crippen molar-refractivity contribution in [2.24, 2.45) is 0 Å². The van der Waals surface area contributed by atoms with Crippen LogP contribution in [0.5, 0.6) is 11.5 Å². The second-order valence-corrected chi connectivity index (χ2v) is 8.08. The molecule has 0 spiro atoms. The molecule has 4 aromatic carbocycles. The smallest absolute Gasteiger partial charge is 0.339 e. The standard InChI is InChI=1S/C26H23NO5S/c1-30-26(28)23-15-14-21(32-25-13-7-11-20-10-5-6-12-22(20)25)18-24(23)27-33(29)31-17-16-19-8-3-2-4-9-19/h2-15,18,27H,16-17H2,1H3. The fourth-order valence-electron chi connectivity index (χ4n) is 3.37. The molecule has 1 atom stereocenters. The second kappa shape index (κ2) is 10.8. The molecule has 7 heteroatoms. The van der Waals surface area contributed by atoms with Crippen LogP contribution in [0.4, 0.5) is 5.69 Å². The third kappa shape index (κ3) is 5.77. The minimum atomic E-state index is -1.86. The first kappa shape index (κ1) is 22.5. The zero-order valence-corrected chi connectivity index (χ0v) is 18.8. The zero-order chi connectivity index (χ0) is 23.0. The van der Waals surface area contributed by atoms with Crippen molar-refractivity contribution in [1.82, 2.24) is 0 Å². The van der Waals surface area contributed by atoms with E-state index < -0.39 is 17.2 Å². The van der Waals surface area contributed by atoms with E-state index in [1.807, 2.05) is 72.8 Å². The van der Waals surface area contributed by atoms with E-state index >= 15 is 0 Å². The molecule has 0 aliphatic rings. The average molecular weight is 462 g/mol. The van der Waals surface area contributed by atoms with Crippen LogP contribution in [0.3, 0.4) is 0 Å². The van der Waals surface area contributed by atoms with E-state index in [-0.39, 0.29) is 17.9 Å². The molecule has 33 heavy (non-hydrogen) atoms. The lowest BCUT2D eigenvalue weighted by Crippen LogP contribution is -2.14. The van der Waals surface area contributed by atoms with Crippen LogP contribution in [0.1, 0.15) is 15.9 Å². The van der Waals surface area contributed by atoms with Gasteiger partial charge in [-0.05, 0) is 35.6 Å². The summed E-state index contributed by atoms with van der Waals surface area (Å²) in [6.45, 7) is 0.253. The summed E-state index contributed by atoms with van der Waals surface area (Å²) in [4.78, 5) is 12.2. The molecular formula is C26H23NO5S. The third-order valence-corrected chi connectivity index (χ3v) is 5.76. The van der Waals surface area contributed by atoms with Gasteiger partial charge < -0.3 is 9.47 Å². The van der Waals surface area contributed by atoms with Gasteiger partial charge in [0.15, 0.2) is 0 Å². The Morgan fingerprint density at radius 1 is 0.909 bits per heavy atom. The molecule has 0 saturated carbocycles. The first-order chi connectivity index (χ1) is 16.1. The van der Waals surface area contributed by atoms with Crippen LogP contribution in [0.25, 0.3) is 10.8 Å². The fraction of sp³-hybridized carbons (Fsp3) is 0.115. The minimum absolute atomic E-state index is 0.225.